The molecule has 5 heteroatoms. The van der Waals surface area contributed by atoms with Crippen LogP contribution in [0, 0.1) is 11.3 Å². The Kier molecular flexibility index (Phi) is 3.95. The van der Waals surface area contributed by atoms with Crippen LogP contribution in [0.3, 0.4) is 0 Å². The number of nitrogens with zero attached hydrogens (tertiary/aromatic N) is 1. The molecule has 0 unspecified atom stereocenters. The molecule has 0 saturated heterocycles. The SMILES string of the molecule is COc1cccc([C@H]2C(C#N)=C(N)Oc3c2cc(Cl)c2ccccc32)c1. The van der Waals surface area contributed by atoms with E-state index >= 15 is 0 Å². The van der Waals surface area contributed by atoms with Gasteiger partial charge in [-0.25, -0.2) is 0 Å². The largest absolute Gasteiger partial charge is 0.497 e. The molecule has 0 saturated carbocycles. The quantitative estimate of drug-likeness (QED) is 0.716. The number of nitriles is 1. The van der Waals surface area contributed by atoms with E-state index in [-0.39, 0.29) is 11.8 Å². The third-order valence-electron chi connectivity index (χ3n) is 4.60. The number of hydrogen-bond acceptors (Lipinski definition) is 4. The molecule has 128 valence electrons. The van der Waals surface area contributed by atoms with Crippen LogP contribution in [-0.2, 0) is 0 Å². The summed E-state index contributed by atoms with van der Waals surface area (Å²) in [6, 6.07) is 19.3. The van der Waals surface area contributed by atoms with E-state index in [1.807, 2.05) is 54.6 Å². The first-order chi connectivity index (χ1) is 12.6. The molecule has 1 aliphatic rings. The highest BCUT2D eigenvalue weighted by Crippen LogP contribution is 2.47. The van der Waals surface area contributed by atoms with E-state index in [2.05, 4.69) is 6.07 Å². The average molecular weight is 363 g/mol. The van der Waals surface area contributed by atoms with Crippen LogP contribution in [0.25, 0.3) is 10.8 Å². The maximum absolute atomic E-state index is 9.70. The number of benzene rings is 3. The van der Waals surface area contributed by atoms with Crippen LogP contribution >= 0.6 is 11.6 Å². The molecule has 0 radical (unpaired) electrons. The van der Waals surface area contributed by atoms with Crippen molar-refractivity contribution in [3.8, 4) is 17.6 Å². The fourth-order valence-electron chi connectivity index (χ4n) is 3.40. The molecule has 2 N–H and O–H groups in total. The maximum Gasteiger partial charge on any atom is 0.205 e. The van der Waals surface area contributed by atoms with Crippen molar-refractivity contribution in [2.24, 2.45) is 5.73 Å². The van der Waals surface area contributed by atoms with Crippen LogP contribution in [0.5, 0.6) is 11.5 Å². The summed E-state index contributed by atoms with van der Waals surface area (Å²) >= 11 is 6.52. The van der Waals surface area contributed by atoms with Gasteiger partial charge in [0.1, 0.15) is 23.1 Å². The molecule has 0 aromatic heterocycles. The predicted octanol–water partition coefficient (Wildman–Crippen LogP) is 4.72. The zero-order chi connectivity index (χ0) is 18.3. The van der Waals surface area contributed by atoms with E-state index in [0.29, 0.717) is 22.1 Å². The zero-order valence-corrected chi connectivity index (χ0v) is 14.7. The lowest BCUT2D eigenvalue weighted by Gasteiger charge is -2.28. The van der Waals surface area contributed by atoms with Crippen LogP contribution in [0.2, 0.25) is 5.02 Å². The zero-order valence-electron chi connectivity index (χ0n) is 14.0. The molecule has 0 bridgehead atoms. The normalized spacial score (nSPS) is 16.0. The van der Waals surface area contributed by atoms with Crippen LogP contribution < -0.4 is 15.2 Å². The third kappa shape index (κ3) is 2.45. The lowest BCUT2D eigenvalue weighted by molar-refractivity contribution is 0.397. The fraction of sp³-hybridized carbons (Fsp3) is 0.0952. The van der Waals surface area contributed by atoms with Crippen molar-refractivity contribution in [3.63, 3.8) is 0 Å². The van der Waals surface area contributed by atoms with Gasteiger partial charge in [-0.05, 0) is 23.8 Å². The molecule has 1 aliphatic heterocycles. The molecule has 3 aromatic carbocycles. The number of nitrogens with two attached hydrogens (primary N) is 1. The van der Waals surface area contributed by atoms with Gasteiger partial charge in [0, 0.05) is 21.4 Å². The first-order valence-electron chi connectivity index (χ1n) is 8.06. The Morgan fingerprint density at radius 3 is 2.62 bits per heavy atom. The van der Waals surface area contributed by atoms with Crippen molar-refractivity contribution in [2.45, 2.75) is 5.92 Å². The van der Waals surface area contributed by atoms with E-state index in [4.69, 9.17) is 26.8 Å². The molecule has 0 fully saturated rings. The topological polar surface area (TPSA) is 68.3 Å². The molecule has 4 nitrogen and oxygen atoms in total. The van der Waals surface area contributed by atoms with Crippen molar-refractivity contribution >= 4 is 22.4 Å². The van der Waals surface area contributed by atoms with Crippen molar-refractivity contribution in [3.05, 3.63) is 82.2 Å². The standard InChI is InChI=1S/C21H15ClN2O2/c1-25-13-6-4-5-12(9-13)19-16-10-18(22)14-7-2-3-8-15(14)20(16)26-21(24)17(19)11-23/h2-10,19H,24H2,1H3/t19-/m1/s1. The van der Waals surface area contributed by atoms with Crippen LogP contribution in [0.1, 0.15) is 17.0 Å². The Hall–Kier alpha value is -3.16. The van der Waals surface area contributed by atoms with Crippen LogP contribution in [0.15, 0.2) is 66.1 Å². The van der Waals surface area contributed by atoms with Crippen molar-refractivity contribution in [2.75, 3.05) is 7.11 Å². The molecule has 1 heterocycles. The molecule has 3 aromatic rings. The second kappa shape index (κ2) is 6.29. The molecule has 0 spiro atoms. The summed E-state index contributed by atoms with van der Waals surface area (Å²) in [5, 5.41) is 12.0. The second-order valence-corrected chi connectivity index (χ2v) is 6.43. The molecule has 4 rings (SSSR count). The summed E-state index contributed by atoms with van der Waals surface area (Å²) in [6.07, 6.45) is 0. The number of ether oxygens (including phenoxy) is 2. The first kappa shape index (κ1) is 16.3. The fourth-order valence-corrected chi connectivity index (χ4v) is 3.69. The minimum Gasteiger partial charge on any atom is -0.497 e. The Balaban J connectivity index is 2.04. The summed E-state index contributed by atoms with van der Waals surface area (Å²) < 4.78 is 11.2. The van der Waals surface area contributed by atoms with Crippen LogP contribution in [-0.4, -0.2) is 7.11 Å². The Morgan fingerprint density at radius 1 is 1.12 bits per heavy atom. The van der Waals surface area contributed by atoms with Crippen molar-refractivity contribution in [1.29, 1.82) is 5.26 Å². The summed E-state index contributed by atoms with van der Waals surface area (Å²) in [7, 11) is 1.61. The number of halogens is 1. The van der Waals surface area contributed by atoms with Gasteiger partial charge in [-0.1, -0.05) is 48.0 Å². The molecule has 0 aliphatic carbocycles. The third-order valence-corrected chi connectivity index (χ3v) is 4.91. The van der Waals surface area contributed by atoms with E-state index in [1.54, 1.807) is 7.11 Å². The van der Waals surface area contributed by atoms with Gasteiger partial charge < -0.3 is 15.2 Å². The van der Waals surface area contributed by atoms with Crippen LogP contribution in [0.4, 0.5) is 0 Å². The monoisotopic (exact) mass is 362 g/mol. The van der Waals surface area contributed by atoms with E-state index in [0.717, 1.165) is 21.9 Å². The Labute approximate surface area is 156 Å². The van der Waals surface area contributed by atoms with Gasteiger partial charge in [0.25, 0.3) is 0 Å². The number of allylic oxidation sites excluding steroid dienone is 1. The lowest BCUT2D eigenvalue weighted by Crippen LogP contribution is -2.21. The van der Waals surface area contributed by atoms with E-state index in [1.165, 1.54) is 0 Å². The Bertz CT molecular complexity index is 1100. The average Bonchev–Trinajstić information content (AvgIpc) is 2.68. The van der Waals surface area contributed by atoms with E-state index < -0.39 is 0 Å². The predicted molar refractivity (Wildman–Crippen MR) is 101 cm³/mol. The summed E-state index contributed by atoms with van der Waals surface area (Å²) in [6.45, 7) is 0. The number of rotatable bonds is 2. The molecule has 1 atom stereocenters. The second-order valence-electron chi connectivity index (χ2n) is 6.02. The maximum atomic E-state index is 9.70. The van der Waals surface area contributed by atoms with Gasteiger partial charge in [0.15, 0.2) is 0 Å². The van der Waals surface area contributed by atoms with Gasteiger partial charge in [-0.3, -0.25) is 0 Å². The van der Waals surface area contributed by atoms with Gasteiger partial charge in [0.2, 0.25) is 5.88 Å². The van der Waals surface area contributed by atoms with Crippen molar-refractivity contribution < 1.29 is 9.47 Å². The number of fused-ring (bicyclic) bond motifs is 3. The molecular formula is C21H15ClN2O2. The van der Waals surface area contributed by atoms with Gasteiger partial charge in [0.05, 0.1) is 13.0 Å². The smallest absolute Gasteiger partial charge is 0.205 e. The summed E-state index contributed by atoms with van der Waals surface area (Å²) in [4.78, 5) is 0. The highest BCUT2D eigenvalue weighted by atomic mass is 35.5. The van der Waals surface area contributed by atoms with E-state index in [9.17, 15) is 5.26 Å². The Morgan fingerprint density at radius 2 is 1.88 bits per heavy atom. The van der Waals surface area contributed by atoms with Gasteiger partial charge in [-0.2, -0.15) is 5.26 Å². The van der Waals surface area contributed by atoms with Crippen molar-refractivity contribution in [1.82, 2.24) is 0 Å². The highest BCUT2D eigenvalue weighted by molar-refractivity contribution is 6.36. The number of hydrogen-bond donors (Lipinski definition) is 1. The first-order valence-corrected chi connectivity index (χ1v) is 8.44. The highest BCUT2D eigenvalue weighted by Gasteiger charge is 2.32. The number of methoxy groups -OCH3 is 1. The minimum absolute atomic E-state index is 0.111. The summed E-state index contributed by atoms with van der Waals surface area (Å²) in [5.41, 5.74) is 8.16. The molecular weight excluding hydrogens is 348 g/mol. The molecule has 26 heavy (non-hydrogen) atoms. The van der Waals surface area contributed by atoms with Gasteiger partial charge >= 0.3 is 0 Å². The summed E-state index contributed by atoms with van der Waals surface area (Å²) in [5.74, 6) is 1.08. The molecule has 0 amide bonds. The minimum atomic E-state index is -0.374. The van der Waals surface area contributed by atoms with Gasteiger partial charge in [-0.15, -0.1) is 0 Å². The lowest BCUT2D eigenvalue weighted by atomic mass is 9.82.